The number of carbonyl (C=O) groups is 3. The van der Waals surface area contributed by atoms with Crippen LogP contribution in [0.3, 0.4) is 0 Å². The molecule has 0 radical (unpaired) electrons. The van der Waals surface area contributed by atoms with E-state index in [9.17, 15) is 19.5 Å². The number of methoxy groups -OCH3 is 1. The Balaban J connectivity index is 1.45. The van der Waals surface area contributed by atoms with Crippen molar-refractivity contribution in [2.45, 2.75) is 56.7 Å². The molecule has 4 rings (SSSR count). The second kappa shape index (κ2) is 10.9. The quantitative estimate of drug-likeness (QED) is 0.596. The molecule has 1 aliphatic carbocycles. The van der Waals surface area contributed by atoms with E-state index in [1.165, 1.54) is 7.11 Å². The van der Waals surface area contributed by atoms with Gasteiger partial charge >= 0.3 is 12.1 Å². The lowest BCUT2D eigenvalue weighted by Crippen LogP contribution is -2.57. The van der Waals surface area contributed by atoms with Crippen LogP contribution in [0.2, 0.25) is 0 Å². The Bertz CT molecular complexity index is 1040. The fraction of sp³-hybridized carbons (Fsp3) is 0.444. The molecule has 2 aromatic rings. The van der Waals surface area contributed by atoms with Gasteiger partial charge in [-0.1, -0.05) is 48.5 Å². The maximum atomic E-state index is 13.4. The van der Waals surface area contributed by atoms with E-state index in [0.717, 1.165) is 35.1 Å². The van der Waals surface area contributed by atoms with Crippen LogP contribution in [0.4, 0.5) is 4.79 Å². The Morgan fingerprint density at radius 3 is 2.29 bits per heavy atom. The van der Waals surface area contributed by atoms with Crippen LogP contribution in [0.5, 0.6) is 0 Å². The second-order valence-corrected chi connectivity index (χ2v) is 9.17. The first-order chi connectivity index (χ1) is 16.9. The molecule has 2 amide bonds. The summed E-state index contributed by atoms with van der Waals surface area (Å²) in [5.74, 6) is -1.39. The van der Waals surface area contributed by atoms with Crippen LogP contribution in [-0.2, 0) is 19.1 Å². The van der Waals surface area contributed by atoms with Gasteiger partial charge in [-0.25, -0.2) is 4.79 Å². The van der Waals surface area contributed by atoms with Gasteiger partial charge < -0.3 is 24.8 Å². The van der Waals surface area contributed by atoms with Crippen molar-refractivity contribution in [3.8, 4) is 11.1 Å². The molecule has 1 heterocycles. The molecule has 2 N–H and O–H groups in total. The second-order valence-electron chi connectivity index (χ2n) is 9.17. The highest BCUT2D eigenvalue weighted by Gasteiger charge is 2.37. The summed E-state index contributed by atoms with van der Waals surface area (Å²) in [7, 11) is 1.47. The molecule has 1 fully saturated rings. The number of piperidine rings is 1. The number of aliphatic carboxylic acids is 1. The molecular weight excluding hydrogens is 448 g/mol. The third-order valence-corrected chi connectivity index (χ3v) is 7.04. The first-order valence-corrected chi connectivity index (χ1v) is 12.1. The normalized spacial score (nSPS) is 18.8. The maximum Gasteiger partial charge on any atom is 0.407 e. The minimum absolute atomic E-state index is 0.0933. The Kier molecular flexibility index (Phi) is 7.70. The SMILES string of the molecule is CO[C@H](C)[C@H](NC(=O)OCC1c2ccccc2-c2ccccc21)C(=O)N1CCCCC1CC(=O)O. The number of amides is 2. The number of carbonyl (C=O) groups excluding carboxylic acids is 2. The van der Waals surface area contributed by atoms with Gasteiger partial charge in [-0.05, 0) is 48.4 Å². The topological polar surface area (TPSA) is 105 Å². The fourth-order valence-corrected chi connectivity index (χ4v) is 5.17. The van der Waals surface area contributed by atoms with Crippen molar-refractivity contribution >= 4 is 18.0 Å². The monoisotopic (exact) mass is 480 g/mol. The lowest BCUT2D eigenvalue weighted by Gasteiger charge is -2.38. The van der Waals surface area contributed by atoms with E-state index in [1.54, 1.807) is 11.8 Å². The van der Waals surface area contributed by atoms with E-state index >= 15 is 0 Å². The number of carboxylic acids is 1. The van der Waals surface area contributed by atoms with Crippen LogP contribution in [0, 0.1) is 0 Å². The van der Waals surface area contributed by atoms with Gasteiger partial charge in [0, 0.05) is 25.6 Å². The summed E-state index contributed by atoms with van der Waals surface area (Å²) in [5.41, 5.74) is 4.47. The summed E-state index contributed by atoms with van der Waals surface area (Å²) in [4.78, 5) is 39.1. The Morgan fingerprint density at radius 2 is 1.69 bits per heavy atom. The van der Waals surface area contributed by atoms with Crippen LogP contribution >= 0.6 is 0 Å². The van der Waals surface area contributed by atoms with Gasteiger partial charge in [-0.3, -0.25) is 9.59 Å². The highest BCUT2D eigenvalue weighted by atomic mass is 16.5. The predicted octanol–water partition coefficient (Wildman–Crippen LogP) is 3.78. The molecule has 2 aromatic carbocycles. The average molecular weight is 481 g/mol. The van der Waals surface area contributed by atoms with Crippen LogP contribution in [0.25, 0.3) is 11.1 Å². The number of hydrogen-bond donors (Lipinski definition) is 2. The highest BCUT2D eigenvalue weighted by Crippen LogP contribution is 2.44. The van der Waals surface area contributed by atoms with Crippen LogP contribution in [-0.4, -0.2) is 66.4 Å². The van der Waals surface area contributed by atoms with Gasteiger partial charge in [0.1, 0.15) is 12.6 Å². The van der Waals surface area contributed by atoms with Crippen molar-refractivity contribution in [3.63, 3.8) is 0 Å². The van der Waals surface area contributed by atoms with E-state index in [4.69, 9.17) is 9.47 Å². The maximum absolute atomic E-state index is 13.4. The number of fused-ring (bicyclic) bond motifs is 3. The molecule has 8 heteroatoms. The van der Waals surface area contributed by atoms with Gasteiger partial charge in [0.05, 0.1) is 12.5 Å². The number of rotatable bonds is 8. The molecule has 0 spiro atoms. The van der Waals surface area contributed by atoms with Crippen molar-refractivity contribution in [3.05, 3.63) is 59.7 Å². The number of alkyl carbamates (subject to hydrolysis) is 1. The van der Waals surface area contributed by atoms with Crippen LogP contribution in [0.15, 0.2) is 48.5 Å². The molecule has 35 heavy (non-hydrogen) atoms. The van der Waals surface area contributed by atoms with E-state index < -0.39 is 30.3 Å². The van der Waals surface area contributed by atoms with Crippen molar-refractivity contribution in [1.82, 2.24) is 10.2 Å². The Hall–Kier alpha value is -3.39. The average Bonchev–Trinajstić information content (AvgIpc) is 3.19. The Morgan fingerprint density at radius 1 is 1.06 bits per heavy atom. The summed E-state index contributed by atoms with van der Waals surface area (Å²) in [6.07, 6.45) is 0.839. The summed E-state index contributed by atoms with van der Waals surface area (Å²) >= 11 is 0. The molecular formula is C27H32N2O6. The lowest BCUT2D eigenvalue weighted by molar-refractivity contribution is -0.144. The predicted molar refractivity (Wildman–Crippen MR) is 130 cm³/mol. The fourth-order valence-electron chi connectivity index (χ4n) is 5.17. The molecule has 0 saturated carbocycles. The molecule has 0 aromatic heterocycles. The van der Waals surface area contributed by atoms with E-state index in [0.29, 0.717) is 13.0 Å². The van der Waals surface area contributed by atoms with Crippen LogP contribution in [0.1, 0.15) is 49.7 Å². The van der Waals surface area contributed by atoms with E-state index in [-0.39, 0.29) is 24.9 Å². The minimum atomic E-state index is -0.981. The van der Waals surface area contributed by atoms with Gasteiger partial charge in [0.15, 0.2) is 0 Å². The molecule has 3 atom stereocenters. The number of nitrogens with zero attached hydrogens (tertiary/aromatic N) is 1. The molecule has 8 nitrogen and oxygen atoms in total. The van der Waals surface area contributed by atoms with Crippen molar-refractivity contribution in [1.29, 1.82) is 0 Å². The first-order valence-electron chi connectivity index (χ1n) is 12.1. The van der Waals surface area contributed by atoms with Gasteiger partial charge in [0.2, 0.25) is 5.91 Å². The molecule has 0 bridgehead atoms. The van der Waals surface area contributed by atoms with Crippen molar-refractivity contribution < 1.29 is 29.0 Å². The number of hydrogen-bond acceptors (Lipinski definition) is 5. The third kappa shape index (κ3) is 5.32. The zero-order chi connectivity index (χ0) is 24.9. The molecule has 2 aliphatic rings. The smallest absolute Gasteiger partial charge is 0.407 e. The zero-order valence-corrected chi connectivity index (χ0v) is 20.1. The third-order valence-electron chi connectivity index (χ3n) is 7.04. The molecule has 1 saturated heterocycles. The minimum Gasteiger partial charge on any atom is -0.481 e. The zero-order valence-electron chi connectivity index (χ0n) is 20.1. The summed E-state index contributed by atoms with van der Waals surface area (Å²) < 4.78 is 11.0. The summed E-state index contributed by atoms with van der Waals surface area (Å²) in [6, 6.07) is 14.8. The first kappa shape index (κ1) is 24.7. The van der Waals surface area contributed by atoms with Gasteiger partial charge in [-0.2, -0.15) is 0 Å². The molecule has 1 aliphatic heterocycles. The summed E-state index contributed by atoms with van der Waals surface area (Å²) in [6.45, 7) is 2.28. The lowest BCUT2D eigenvalue weighted by atomic mass is 9.97. The number of benzene rings is 2. The summed E-state index contributed by atoms with van der Waals surface area (Å²) in [5, 5.41) is 12.0. The number of ether oxygens (including phenoxy) is 2. The number of carboxylic acid groups (broad SMARTS) is 1. The van der Waals surface area contributed by atoms with Gasteiger partial charge in [-0.15, -0.1) is 0 Å². The number of nitrogens with one attached hydrogen (secondary N) is 1. The van der Waals surface area contributed by atoms with Crippen molar-refractivity contribution in [2.75, 3.05) is 20.3 Å². The van der Waals surface area contributed by atoms with E-state index in [2.05, 4.69) is 17.4 Å². The molecule has 1 unspecified atom stereocenters. The Labute approximate surface area is 205 Å². The van der Waals surface area contributed by atoms with Gasteiger partial charge in [0.25, 0.3) is 0 Å². The van der Waals surface area contributed by atoms with Crippen LogP contribution < -0.4 is 5.32 Å². The largest absolute Gasteiger partial charge is 0.481 e. The van der Waals surface area contributed by atoms with E-state index in [1.807, 2.05) is 36.4 Å². The number of likely N-dealkylation sites (tertiary alicyclic amines) is 1. The van der Waals surface area contributed by atoms with Crippen molar-refractivity contribution in [2.24, 2.45) is 0 Å². The standard InChI is InChI=1S/C27H32N2O6/c1-17(34-2)25(26(32)29-14-8-7-9-18(29)15-24(30)31)28-27(33)35-16-23-21-12-5-3-10-19(21)20-11-4-6-13-22(20)23/h3-6,10-13,17-18,23,25H,7-9,14-16H2,1-2H3,(H,28,33)(H,30,31)/t17-,18?,25+/m1/s1. The highest BCUT2D eigenvalue weighted by molar-refractivity contribution is 5.87. The molecule has 186 valence electrons.